The van der Waals surface area contributed by atoms with Crippen molar-refractivity contribution in [1.82, 2.24) is 10.3 Å². The van der Waals surface area contributed by atoms with Gasteiger partial charge in [-0.25, -0.2) is 4.98 Å². The van der Waals surface area contributed by atoms with E-state index < -0.39 is 0 Å². The maximum atomic E-state index is 5.19. The third-order valence-electron chi connectivity index (χ3n) is 2.41. The fraction of sp³-hybridized carbons (Fsp3) is 0.583. The minimum absolute atomic E-state index is 0.542. The first-order valence-electron chi connectivity index (χ1n) is 5.49. The molecule has 1 atom stereocenters. The zero-order chi connectivity index (χ0) is 11.1. The Balaban J connectivity index is 2.49. The van der Waals surface area contributed by atoms with Crippen LogP contribution in [0.1, 0.15) is 32.3 Å². The highest BCUT2D eigenvalue weighted by Gasteiger charge is 2.04. The van der Waals surface area contributed by atoms with Gasteiger partial charge in [0.2, 0.25) is 5.88 Å². The van der Waals surface area contributed by atoms with Crippen molar-refractivity contribution in [2.75, 3.05) is 7.11 Å². The van der Waals surface area contributed by atoms with Crippen LogP contribution in [-0.2, 0) is 6.54 Å². The van der Waals surface area contributed by atoms with Crippen LogP contribution in [0.5, 0.6) is 5.88 Å². The lowest BCUT2D eigenvalue weighted by Crippen LogP contribution is -2.25. The van der Waals surface area contributed by atoms with E-state index in [0.717, 1.165) is 12.1 Å². The van der Waals surface area contributed by atoms with Gasteiger partial charge in [0.05, 0.1) is 7.11 Å². The highest BCUT2D eigenvalue weighted by molar-refractivity contribution is 5.25. The van der Waals surface area contributed by atoms with Gasteiger partial charge in [0, 0.05) is 24.3 Å². The number of hydrogen-bond donors (Lipinski definition) is 1. The average molecular weight is 208 g/mol. The molecular formula is C12H20N2O. The number of nitrogens with one attached hydrogen (secondary N) is 1. The van der Waals surface area contributed by atoms with Crippen molar-refractivity contribution in [3.8, 4) is 5.88 Å². The Hall–Kier alpha value is -1.09. The number of rotatable bonds is 6. The van der Waals surface area contributed by atoms with Gasteiger partial charge in [-0.1, -0.05) is 19.4 Å². The molecule has 1 unspecified atom stereocenters. The summed E-state index contributed by atoms with van der Waals surface area (Å²) < 4.78 is 5.19. The molecule has 0 spiro atoms. The predicted octanol–water partition coefficient (Wildman–Crippen LogP) is 2.37. The number of hydrogen-bond acceptors (Lipinski definition) is 3. The van der Waals surface area contributed by atoms with Crippen LogP contribution in [0.2, 0.25) is 0 Å². The molecule has 15 heavy (non-hydrogen) atoms. The summed E-state index contributed by atoms with van der Waals surface area (Å²) in [6.07, 6.45) is 4.15. The quantitative estimate of drug-likeness (QED) is 0.779. The molecule has 0 radical (unpaired) electrons. The minimum Gasteiger partial charge on any atom is -0.481 e. The number of ether oxygens (including phenoxy) is 1. The van der Waals surface area contributed by atoms with Crippen LogP contribution < -0.4 is 10.1 Å². The summed E-state index contributed by atoms with van der Waals surface area (Å²) in [6.45, 7) is 5.22. The van der Waals surface area contributed by atoms with E-state index in [1.807, 2.05) is 12.1 Å². The lowest BCUT2D eigenvalue weighted by molar-refractivity contribution is 0.388. The van der Waals surface area contributed by atoms with Crippen molar-refractivity contribution in [2.24, 2.45) is 0 Å². The average Bonchev–Trinajstić information content (AvgIpc) is 2.27. The second kappa shape index (κ2) is 6.40. The van der Waals surface area contributed by atoms with Crippen molar-refractivity contribution in [3.05, 3.63) is 23.9 Å². The van der Waals surface area contributed by atoms with E-state index >= 15 is 0 Å². The molecular weight excluding hydrogens is 188 g/mol. The Bertz CT molecular complexity index is 289. The molecule has 84 valence electrons. The van der Waals surface area contributed by atoms with Gasteiger partial charge < -0.3 is 10.1 Å². The van der Waals surface area contributed by atoms with E-state index in [0.29, 0.717) is 11.9 Å². The van der Waals surface area contributed by atoms with E-state index in [1.54, 1.807) is 13.3 Å². The molecule has 1 aromatic rings. The highest BCUT2D eigenvalue weighted by Crippen LogP contribution is 2.13. The van der Waals surface area contributed by atoms with Crippen LogP contribution in [0, 0.1) is 0 Å². The van der Waals surface area contributed by atoms with Gasteiger partial charge in [-0.05, 0) is 19.4 Å². The van der Waals surface area contributed by atoms with Gasteiger partial charge in [-0.3, -0.25) is 0 Å². The van der Waals surface area contributed by atoms with E-state index in [4.69, 9.17) is 4.74 Å². The number of nitrogens with zero attached hydrogens (tertiary/aromatic N) is 1. The molecule has 1 N–H and O–H groups in total. The standard InChI is InChI=1S/C12H20N2O/c1-4-6-10(2)14-9-11-7-5-8-13-12(11)15-3/h5,7-8,10,14H,4,6,9H2,1-3H3. The molecule has 0 aliphatic heterocycles. The van der Waals surface area contributed by atoms with Crippen LogP contribution >= 0.6 is 0 Å². The summed E-state index contributed by atoms with van der Waals surface area (Å²) in [7, 11) is 1.65. The largest absolute Gasteiger partial charge is 0.481 e. The second-order valence-electron chi connectivity index (χ2n) is 3.74. The molecule has 0 fully saturated rings. The number of methoxy groups -OCH3 is 1. The zero-order valence-electron chi connectivity index (χ0n) is 9.79. The molecule has 0 aliphatic carbocycles. The highest BCUT2D eigenvalue weighted by atomic mass is 16.5. The minimum atomic E-state index is 0.542. The lowest BCUT2D eigenvalue weighted by atomic mass is 10.2. The smallest absolute Gasteiger partial charge is 0.217 e. The molecule has 1 aromatic heterocycles. The molecule has 3 heteroatoms. The number of aromatic nitrogens is 1. The molecule has 1 rings (SSSR count). The molecule has 3 nitrogen and oxygen atoms in total. The van der Waals surface area contributed by atoms with Gasteiger partial charge >= 0.3 is 0 Å². The van der Waals surface area contributed by atoms with Gasteiger partial charge in [0.1, 0.15) is 0 Å². The topological polar surface area (TPSA) is 34.2 Å². The van der Waals surface area contributed by atoms with Crippen LogP contribution in [-0.4, -0.2) is 18.1 Å². The first kappa shape index (κ1) is 12.0. The third-order valence-corrected chi connectivity index (χ3v) is 2.41. The predicted molar refractivity (Wildman–Crippen MR) is 62.0 cm³/mol. The summed E-state index contributed by atoms with van der Waals surface area (Å²) in [5.41, 5.74) is 1.11. The van der Waals surface area contributed by atoms with E-state index in [9.17, 15) is 0 Å². The third kappa shape index (κ3) is 3.88. The summed E-state index contributed by atoms with van der Waals surface area (Å²) in [4.78, 5) is 4.16. The summed E-state index contributed by atoms with van der Waals surface area (Å²) in [5.74, 6) is 0.716. The van der Waals surface area contributed by atoms with Crippen molar-refractivity contribution in [1.29, 1.82) is 0 Å². The molecule has 0 aromatic carbocycles. The van der Waals surface area contributed by atoms with Gasteiger partial charge in [0.25, 0.3) is 0 Å². The van der Waals surface area contributed by atoms with E-state index in [1.165, 1.54) is 12.8 Å². The van der Waals surface area contributed by atoms with Crippen LogP contribution in [0.3, 0.4) is 0 Å². The summed E-state index contributed by atoms with van der Waals surface area (Å²) in [6, 6.07) is 4.52. The SMILES string of the molecule is CCCC(C)NCc1cccnc1OC. The molecule has 0 aliphatic rings. The molecule has 0 amide bonds. The van der Waals surface area contributed by atoms with Gasteiger partial charge in [0.15, 0.2) is 0 Å². The lowest BCUT2D eigenvalue weighted by Gasteiger charge is -2.13. The Labute approximate surface area is 91.9 Å². The molecule has 1 heterocycles. The first-order chi connectivity index (χ1) is 7.27. The normalized spacial score (nSPS) is 12.5. The van der Waals surface area contributed by atoms with Crippen LogP contribution in [0.4, 0.5) is 0 Å². The maximum absolute atomic E-state index is 5.19. The Morgan fingerprint density at radius 2 is 2.33 bits per heavy atom. The fourth-order valence-corrected chi connectivity index (χ4v) is 1.56. The molecule has 0 saturated heterocycles. The van der Waals surface area contributed by atoms with Crippen LogP contribution in [0.15, 0.2) is 18.3 Å². The van der Waals surface area contributed by atoms with E-state index in [-0.39, 0.29) is 0 Å². The van der Waals surface area contributed by atoms with Crippen molar-refractivity contribution in [3.63, 3.8) is 0 Å². The number of pyridine rings is 1. The van der Waals surface area contributed by atoms with Crippen molar-refractivity contribution >= 4 is 0 Å². The first-order valence-corrected chi connectivity index (χ1v) is 5.49. The maximum Gasteiger partial charge on any atom is 0.217 e. The van der Waals surface area contributed by atoms with Crippen LogP contribution in [0.25, 0.3) is 0 Å². The summed E-state index contributed by atoms with van der Waals surface area (Å²) >= 11 is 0. The molecule has 0 saturated carbocycles. The second-order valence-corrected chi connectivity index (χ2v) is 3.74. The monoisotopic (exact) mass is 208 g/mol. The summed E-state index contributed by atoms with van der Waals surface area (Å²) in [5, 5.41) is 3.45. The Morgan fingerprint density at radius 1 is 1.53 bits per heavy atom. The van der Waals surface area contributed by atoms with Crippen molar-refractivity contribution in [2.45, 2.75) is 39.3 Å². The fourth-order valence-electron chi connectivity index (χ4n) is 1.56. The zero-order valence-corrected chi connectivity index (χ0v) is 9.79. The van der Waals surface area contributed by atoms with E-state index in [2.05, 4.69) is 24.1 Å². The van der Waals surface area contributed by atoms with Crippen molar-refractivity contribution < 1.29 is 4.74 Å². The van der Waals surface area contributed by atoms with Gasteiger partial charge in [-0.2, -0.15) is 0 Å². The Kier molecular flexibility index (Phi) is 5.12. The van der Waals surface area contributed by atoms with Gasteiger partial charge in [-0.15, -0.1) is 0 Å². The molecule has 0 bridgehead atoms. The Morgan fingerprint density at radius 3 is 3.00 bits per heavy atom.